The molecule has 4 N–H and O–H groups in total. The van der Waals surface area contributed by atoms with Gasteiger partial charge in [0.05, 0.1) is 48.2 Å². The van der Waals surface area contributed by atoms with E-state index in [0.29, 0.717) is 24.7 Å². The number of aromatic amines is 2. The number of hydrogen-bond acceptors (Lipinski definition) is 9. The monoisotopic (exact) mass is 834 g/mol. The van der Waals surface area contributed by atoms with E-state index in [1.807, 2.05) is 38.7 Å². The lowest BCUT2D eigenvalue weighted by Crippen LogP contribution is -2.55. The van der Waals surface area contributed by atoms with Crippen molar-refractivity contribution in [3.05, 3.63) is 65.9 Å². The van der Waals surface area contributed by atoms with Gasteiger partial charge in [0, 0.05) is 37.2 Å². The van der Waals surface area contributed by atoms with Gasteiger partial charge in [0.2, 0.25) is 11.8 Å². The third-order valence-corrected chi connectivity index (χ3v) is 12.9. The first-order chi connectivity index (χ1) is 29.2. The molecule has 322 valence electrons. The van der Waals surface area contributed by atoms with Crippen LogP contribution < -0.4 is 10.1 Å². The summed E-state index contributed by atoms with van der Waals surface area (Å²) >= 11 is 0. The number of fused-ring (bicyclic) bond motifs is 6. The van der Waals surface area contributed by atoms with Gasteiger partial charge in [0.25, 0.3) is 0 Å². The van der Waals surface area contributed by atoms with Crippen molar-refractivity contribution in [2.24, 2.45) is 5.92 Å². The van der Waals surface area contributed by atoms with E-state index in [9.17, 15) is 24.3 Å². The fourth-order valence-corrected chi connectivity index (χ4v) is 9.57. The van der Waals surface area contributed by atoms with Crippen LogP contribution in [0.2, 0.25) is 0 Å². The Balaban J connectivity index is 1.05. The van der Waals surface area contributed by atoms with Crippen LogP contribution in [0.25, 0.3) is 44.2 Å². The second-order valence-electron chi connectivity index (χ2n) is 17.0. The molecule has 0 bridgehead atoms. The Morgan fingerprint density at radius 1 is 0.902 bits per heavy atom. The van der Waals surface area contributed by atoms with E-state index in [1.54, 1.807) is 18.0 Å². The zero-order valence-corrected chi connectivity index (χ0v) is 35.8. The van der Waals surface area contributed by atoms with Crippen molar-refractivity contribution in [2.75, 3.05) is 21.3 Å². The number of nitrogens with zero attached hydrogens (tertiary/aromatic N) is 5. The molecular weight excluding hydrogens is 781 g/mol. The van der Waals surface area contributed by atoms with Gasteiger partial charge in [-0.15, -0.1) is 0 Å². The lowest BCUT2D eigenvalue weighted by atomic mass is 9.92. The fraction of sp³-hybridized carbons (Fsp3) is 0.467. The van der Waals surface area contributed by atoms with Crippen LogP contribution in [0, 0.1) is 5.92 Å². The number of carbonyl (C=O) groups is 4. The van der Waals surface area contributed by atoms with Gasteiger partial charge in [-0.05, 0) is 98.7 Å². The van der Waals surface area contributed by atoms with Gasteiger partial charge in [-0.3, -0.25) is 14.5 Å². The highest BCUT2D eigenvalue weighted by molar-refractivity contribution is 6.07. The average Bonchev–Trinajstić information content (AvgIpc) is 4.07. The number of likely N-dealkylation sites (N-methyl/N-ethyl adjacent to an activating group) is 1. The van der Waals surface area contributed by atoms with Crippen LogP contribution in [0.1, 0.15) is 89.6 Å². The fourth-order valence-electron chi connectivity index (χ4n) is 9.57. The van der Waals surface area contributed by atoms with E-state index in [1.165, 1.54) is 21.3 Å². The first kappa shape index (κ1) is 41.6. The molecule has 7 atom stereocenters. The van der Waals surface area contributed by atoms with Crippen LogP contribution in [0.3, 0.4) is 0 Å². The number of ether oxygens (including phenoxy) is 3. The second-order valence-corrected chi connectivity index (χ2v) is 17.0. The van der Waals surface area contributed by atoms with E-state index in [0.717, 1.165) is 79.7 Å². The van der Waals surface area contributed by atoms with Crippen LogP contribution in [0.4, 0.5) is 9.59 Å². The number of hydrogen-bond donors (Lipinski definition) is 4. The highest BCUT2D eigenvalue weighted by Crippen LogP contribution is 2.44. The summed E-state index contributed by atoms with van der Waals surface area (Å²) in [6.45, 7) is 9.83. The number of imidazole rings is 2. The Hall–Kier alpha value is -6.16. The van der Waals surface area contributed by atoms with E-state index >= 15 is 0 Å². The minimum absolute atomic E-state index is 0.0587. The predicted octanol–water partition coefficient (Wildman–Crippen LogP) is 7.16. The van der Waals surface area contributed by atoms with Crippen LogP contribution >= 0.6 is 0 Å². The quantitative estimate of drug-likeness (QED) is 0.112. The molecule has 3 aliphatic rings. The molecule has 4 amide bonds. The number of amides is 4. The summed E-state index contributed by atoms with van der Waals surface area (Å²) in [6.07, 6.45) is 2.36. The lowest BCUT2D eigenvalue weighted by Gasteiger charge is -2.36. The van der Waals surface area contributed by atoms with Crippen molar-refractivity contribution in [1.82, 2.24) is 40.0 Å². The van der Waals surface area contributed by atoms with Crippen molar-refractivity contribution < 1.29 is 38.5 Å². The molecule has 2 saturated heterocycles. The molecule has 0 saturated carbocycles. The van der Waals surface area contributed by atoms with Crippen LogP contribution in [0.15, 0.2) is 48.7 Å². The Morgan fingerprint density at radius 2 is 1.61 bits per heavy atom. The van der Waals surface area contributed by atoms with Crippen LogP contribution in [0.5, 0.6) is 5.75 Å². The molecule has 0 spiro atoms. The van der Waals surface area contributed by atoms with Gasteiger partial charge in [0.15, 0.2) is 0 Å². The van der Waals surface area contributed by atoms with Gasteiger partial charge in [-0.25, -0.2) is 19.6 Å². The van der Waals surface area contributed by atoms with Gasteiger partial charge < -0.3 is 44.4 Å². The number of nitrogens with one attached hydrogen (secondary N) is 3. The van der Waals surface area contributed by atoms with Gasteiger partial charge in [-0.2, -0.15) is 0 Å². The summed E-state index contributed by atoms with van der Waals surface area (Å²) in [5.74, 6) is 1.43. The first-order valence-corrected chi connectivity index (χ1v) is 21.0. The molecule has 3 aromatic carbocycles. The Morgan fingerprint density at radius 3 is 2.28 bits per heavy atom. The summed E-state index contributed by atoms with van der Waals surface area (Å²) in [4.78, 5) is 73.5. The van der Waals surface area contributed by atoms with Crippen molar-refractivity contribution in [3.8, 4) is 28.1 Å². The maximum Gasteiger partial charge on any atom is 0.407 e. The second kappa shape index (κ2) is 16.4. The molecule has 61 heavy (non-hydrogen) atoms. The van der Waals surface area contributed by atoms with Crippen molar-refractivity contribution >= 4 is 45.8 Å². The predicted molar refractivity (Wildman–Crippen MR) is 228 cm³/mol. The van der Waals surface area contributed by atoms with Gasteiger partial charge in [0.1, 0.15) is 36.1 Å². The van der Waals surface area contributed by atoms with E-state index in [2.05, 4.69) is 51.7 Å². The van der Waals surface area contributed by atoms with E-state index in [-0.39, 0.29) is 41.9 Å². The molecule has 16 nitrogen and oxygen atoms in total. The van der Waals surface area contributed by atoms with Crippen molar-refractivity contribution in [3.63, 3.8) is 0 Å². The van der Waals surface area contributed by atoms with Crippen LogP contribution in [-0.2, 0) is 25.7 Å². The molecule has 8 rings (SSSR count). The Kier molecular flexibility index (Phi) is 11.2. The van der Waals surface area contributed by atoms with Gasteiger partial charge in [-0.1, -0.05) is 32.0 Å². The molecule has 5 aromatic rings. The Labute approximate surface area is 353 Å². The number of carboxylic acid groups (broad SMARTS) is 1. The van der Waals surface area contributed by atoms with Crippen molar-refractivity contribution in [2.45, 2.75) is 109 Å². The maximum atomic E-state index is 14.0. The molecule has 2 fully saturated rings. The summed E-state index contributed by atoms with van der Waals surface area (Å²) in [7, 11) is 4.21. The molecule has 0 radical (unpaired) electrons. The SMILES string of the molecule is COC(=O)N[C@H](C(=O)N1[C@@H](C)CC[C@H]1c1nc2ccc3cc4c(cc3c2[nH]1)OCc1cc(-c2cnc([C@@H]3CC[C@H](C)N3C(=O)[C@H](C(C)C)N(C)C(=O)O)[nH]2)ccc1-4)[C@@H](C)OC. The zero-order valence-electron chi connectivity index (χ0n) is 35.8. The van der Waals surface area contributed by atoms with E-state index < -0.39 is 30.4 Å². The molecule has 3 aliphatic heterocycles. The third kappa shape index (κ3) is 7.40. The van der Waals surface area contributed by atoms with Crippen LogP contribution in [-0.4, -0.2) is 115 Å². The minimum atomic E-state index is -1.13. The normalized spacial score (nSPS) is 21.2. The van der Waals surface area contributed by atoms with Crippen molar-refractivity contribution in [1.29, 1.82) is 0 Å². The molecule has 16 heteroatoms. The number of aromatic nitrogens is 4. The van der Waals surface area contributed by atoms with Gasteiger partial charge >= 0.3 is 12.2 Å². The number of rotatable bonds is 10. The Bertz CT molecular complexity index is 2510. The topological polar surface area (TPSA) is 195 Å². The summed E-state index contributed by atoms with van der Waals surface area (Å²) < 4.78 is 16.7. The smallest absolute Gasteiger partial charge is 0.407 e. The minimum Gasteiger partial charge on any atom is -0.488 e. The molecule has 5 heterocycles. The number of likely N-dealkylation sites (tertiary alicyclic amines) is 2. The summed E-state index contributed by atoms with van der Waals surface area (Å²) in [5.41, 5.74) is 6.44. The number of H-pyrrole nitrogens is 2. The molecule has 0 unspecified atom stereocenters. The third-order valence-electron chi connectivity index (χ3n) is 12.9. The average molecular weight is 835 g/mol. The highest BCUT2D eigenvalue weighted by atomic mass is 16.5. The van der Waals surface area contributed by atoms with E-state index in [4.69, 9.17) is 24.2 Å². The number of carbonyl (C=O) groups excluding carboxylic acids is 3. The largest absolute Gasteiger partial charge is 0.488 e. The molecular formula is C45H54N8O8. The molecule has 0 aliphatic carbocycles. The highest BCUT2D eigenvalue weighted by Gasteiger charge is 2.44. The summed E-state index contributed by atoms with van der Waals surface area (Å²) in [6, 6.07) is 12.0. The number of alkyl carbamates (subject to hydrolysis) is 1. The standard InChI is InChI=1S/C45H54N8O8/c1-22(2)39(51(6)45(57)58)43(55)53-24(4)9-15-34(53)40-46-20-33(48-40)27-11-13-29-28(17-27)21-61-36-19-30-26(18-31(29)36)12-14-32-38(30)49-41(47-32)35-16-10-23(3)52(35)42(54)37(25(5)59-7)50-44(56)60-8/h11-14,17-20,22-25,34-35,37,39H,9-10,15-16,21H2,1-8H3,(H,46,48)(H,47,49)(H,50,56)(H,57,58)/t23-,24-,25+,34-,35-,37-,39-/m0/s1. The molecule has 2 aromatic heterocycles. The first-order valence-electron chi connectivity index (χ1n) is 21.0. The zero-order chi connectivity index (χ0) is 43.4. The number of methoxy groups -OCH3 is 2. The lowest BCUT2D eigenvalue weighted by molar-refractivity contribution is -0.141. The summed E-state index contributed by atoms with van der Waals surface area (Å²) in [5, 5.41) is 14.3. The number of benzene rings is 3. The maximum absolute atomic E-state index is 14.0.